The Morgan fingerprint density at radius 1 is 1.38 bits per heavy atom. The van der Waals surface area contributed by atoms with Gasteiger partial charge in [-0.2, -0.15) is 0 Å². The van der Waals surface area contributed by atoms with Gasteiger partial charge in [0.2, 0.25) is 10.0 Å². The average Bonchev–Trinajstić information content (AvgIpc) is 2.61. The predicted molar refractivity (Wildman–Crippen MR) is 64.7 cm³/mol. The van der Waals surface area contributed by atoms with Crippen LogP contribution in [-0.4, -0.2) is 20.7 Å². The lowest BCUT2D eigenvalue weighted by atomic mass is 10.2. The number of fused-ring (bicyclic) bond motifs is 1. The summed E-state index contributed by atoms with van der Waals surface area (Å²) in [5.74, 6) is 0.172. The molecule has 0 bridgehead atoms. The Balaban J connectivity index is 2.15. The van der Waals surface area contributed by atoms with E-state index in [0.29, 0.717) is 13.0 Å². The van der Waals surface area contributed by atoms with Crippen molar-refractivity contribution < 1.29 is 8.42 Å². The van der Waals surface area contributed by atoms with E-state index in [1.54, 1.807) is 5.01 Å². The van der Waals surface area contributed by atoms with Crippen molar-refractivity contribution in [1.82, 2.24) is 4.83 Å². The number of hydrazine groups is 1. The van der Waals surface area contributed by atoms with Crippen molar-refractivity contribution in [1.29, 1.82) is 0 Å². The number of nitrogens with one attached hydrogen (secondary N) is 1. The highest BCUT2D eigenvalue weighted by Crippen LogP contribution is 2.25. The summed E-state index contributed by atoms with van der Waals surface area (Å²) < 4.78 is 23.3. The number of rotatable bonds is 4. The quantitative estimate of drug-likeness (QED) is 0.863. The second-order valence-electron chi connectivity index (χ2n) is 3.94. The molecule has 0 radical (unpaired) electrons. The van der Waals surface area contributed by atoms with Crippen LogP contribution in [0.4, 0.5) is 5.69 Å². The molecular weight excluding hydrogens is 224 g/mol. The first kappa shape index (κ1) is 11.4. The molecule has 2 rings (SSSR count). The fourth-order valence-electron chi connectivity index (χ4n) is 1.92. The molecule has 0 aromatic heterocycles. The van der Waals surface area contributed by atoms with Crippen LogP contribution < -0.4 is 9.84 Å². The number of hydrogen-bond acceptors (Lipinski definition) is 3. The Hall–Kier alpha value is -1.07. The maximum atomic E-state index is 11.6. The minimum absolute atomic E-state index is 0.172. The summed E-state index contributed by atoms with van der Waals surface area (Å²) >= 11 is 0. The number of hydrogen-bond donors (Lipinski definition) is 1. The molecule has 1 aromatic carbocycles. The molecule has 0 spiro atoms. The van der Waals surface area contributed by atoms with Gasteiger partial charge in [0.05, 0.1) is 11.4 Å². The summed E-state index contributed by atoms with van der Waals surface area (Å²) in [4.78, 5) is 2.62. The summed E-state index contributed by atoms with van der Waals surface area (Å²) in [5, 5.41) is 1.72. The van der Waals surface area contributed by atoms with E-state index in [1.165, 1.54) is 5.56 Å². The molecular formula is C11H16N2O2S. The lowest BCUT2D eigenvalue weighted by Crippen LogP contribution is -2.42. The minimum Gasteiger partial charge on any atom is -0.294 e. The van der Waals surface area contributed by atoms with Gasteiger partial charge in [-0.1, -0.05) is 25.1 Å². The van der Waals surface area contributed by atoms with Crippen LogP contribution in [0.2, 0.25) is 0 Å². The van der Waals surface area contributed by atoms with Gasteiger partial charge in [-0.15, -0.1) is 4.83 Å². The fourth-order valence-corrected chi connectivity index (χ4v) is 3.07. The van der Waals surface area contributed by atoms with Gasteiger partial charge in [-0.05, 0) is 24.5 Å². The smallest absolute Gasteiger partial charge is 0.228 e. The molecule has 0 saturated carbocycles. The lowest BCUT2D eigenvalue weighted by molar-refractivity contribution is 0.576. The van der Waals surface area contributed by atoms with Crippen molar-refractivity contribution >= 4 is 15.7 Å². The van der Waals surface area contributed by atoms with E-state index in [0.717, 1.165) is 12.1 Å². The van der Waals surface area contributed by atoms with E-state index in [1.807, 2.05) is 31.2 Å². The molecule has 0 fully saturated rings. The van der Waals surface area contributed by atoms with Gasteiger partial charge in [-0.3, -0.25) is 5.01 Å². The summed E-state index contributed by atoms with van der Waals surface area (Å²) in [6.07, 6.45) is 1.52. The summed E-state index contributed by atoms with van der Waals surface area (Å²) in [5.41, 5.74) is 2.17. The third kappa shape index (κ3) is 2.36. The average molecular weight is 240 g/mol. The van der Waals surface area contributed by atoms with E-state index in [9.17, 15) is 8.42 Å². The molecule has 1 aliphatic rings. The highest BCUT2D eigenvalue weighted by atomic mass is 32.2. The zero-order valence-electron chi connectivity index (χ0n) is 9.31. The normalized spacial score (nSPS) is 15.2. The third-order valence-corrected chi connectivity index (χ3v) is 4.05. The molecule has 0 unspecified atom stereocenters. The summed E-state index contributed by atoms with van der Waals surface area (Å²) in [6.45, 7) is 2.57. The molecule has 0 saturated heterocycles. The molecule has 1 N–H and O–H groups in total. The molecule has 88 valence electrons. The molecule has 1 aromatic rings. The number of nitrogens with zero attached hydrogens (tertiary/aromatic N) is 1. The SMILES string of the molecule is CCCS(=O)(=O)NN1CCc2ccccc21. The molecule has 0 amide bonds. The molecule has 0 atom stereocenters. The zero-order chi connectivity index (χ0) is 11.6. The minimum atomic E-state index is -3.18. The Kier molecular flexibility index (Phi) is 3.16. The maximum absolute atomic E-state index is 11.6. The highest BCUT2D eigenvalue weighted by Gasteiger charge is 2.22. The third-order valence-electron chi connectivity index (χ3n) is 2.61. The van der Waals surface area contributed by atoms with Crippen LogP contribution in [0.15, 0.2) is 24.3 Å². The van der Waals surface area contributed by atoms with Crippen molar-refractivity contribution in [3.63, 3.8) is 0 Å². The van der Waals surface area contributed by atoms with Crippen LogP contribution in [0.1, 0.15) is 18.9 Å². The van der Waals surface area contributed by atoms with Gasteiger partial charge in [0.1, 0.15) is 0 Å². The van der Waals surface area contributed by atoms with E-state index in [2.05, 4.69) is 4.83 Å². The molecule has 1 heterocycles. The topological polar surface area (TPSA) is 49.4 Å². The van der Waals surface area contributed by atoms with Crippen LogP contribution in [0, 0.1) is 0 Å². The molecule has 0 aliphatic carbocycles. The van der Waals surface area contributed by atoms with E-state index in [-0.39, 0.29) is 5.75 Å². The number of benzene rings is 1. The molecule has 4 nitrogen and oxygen atoms in total. The monoisotopic (exact) mass is 240 g/mol. The van der Waals surface area contributed by atoms with Gasteiger partial charge in [0.25, 0.3) is 0 Å². The van der Waals surface area contributed by atoms with Crippen molar-refractivity contribution in [2.24, 2.45) is 0 Å². The Morgan fingerprint density at radius 3 is 2.88 bits per heavy atom. The summed E-state index contributed by atoms with van der Waals surface area (Å²) in [6, 6.07) is 7.87. The van der Waals surface area contributed by atoms with Gasteiger partial charge < -0.3 is 0 Å². The Bertz CT molecular complexity index is 471. The van der Waals surface area contributed by atoms with Crippen molar-refractivity contribution in [2.75, 3.05) is 17.3 Å². The lowest BCUT2D eigenvalue weighted by Gasteiger charge is -2.19. The predicted octanol–water partition coefficient (Wildman–Crippen LogP) is 1.29. The second kappa shape index (κ2) is 4.43. The van der Waals surface area contributed by atoms with Crippen LogP contribution in [0.5, 0.6) is 0 Å². The number of anilines is 1. The molecule has 16 heavy (non-hydrogen) atoms. The van der Waals surface area contributed by atoms with Gasteiger partial charge in [-0.25, -0.2) is 8.42 Å². The standard InChI is InChI=1S/C11H16N2O2S/c1-2-9-16(14,15)12-13-8-7-10-5-3-4-6-11(10)13/h3-6,12H,2,7-9H2,1H3. The first-order chi connectivity index (χ1) is 7.62. The maximum Gasteiger partial charge on any atom is 0.228 e. The van der Waals surface area contributed by atoms with Crippen LogP contribution in [0.3, 0.4) is 0 Å². The Morgan fingerprint density at radius 2 is 2.12 bits per heavy atom. The van der Waals surface area contributed by atoms with E-state index >= 15 is 0 Å². The zero-order valence-corrected chi connectivity index (χ0v) is 10.1. The fraction of sp³-hybridized carbons (Fsp3) is 0.455. The van der Waals surface area contributed by atoms with Gasteiger partial charge in [0.15, 0.2) is 0 Å². The summed E-state index contributed by atoms with van der Waals surface area (Å²) in [7, 11) is -3.18. The van der Waals surface area contributed by atoms with Crippen LogP contribution in [-0.2, 0) is 16.4 Å². The van der Waals surface area contributed by atoms with E-state index < -0.39 is 10.0 Å². The number of para-hydroxylation sites is 1. The van der Waals surface area contributed by atoms with Crippen molar-refractivity contribution in [3.05, 3.63) is 29.8 Å². The van der Waals surface area contributed by atoms with Gasteiger partial charge in [0, 0.05) is 6.54 Å². The molecule has 1 aliphatic heterocycles. The van der Waals surface area contributed by atoms with Crippen LogP contribution in [0.25, 0.3) is 0 Å². The number of sulfonamides is 1. The van der Waals surface area contributed by atoms with Crippen molar-refractivity contribution in [3.8, 4) is 0 Å². The van der Waals surface area contributed by atoms with Crippen molar-refractivity contribution in [2.45, 2.75) is 19.8 Å². The highest BCUT2D eigenvalue weighted by molar-refractivity contribution is 7.89. The van der Waals surface area contributed by atoms with Crippen LogP contribution >= 0.6 is 0 Å². The Labute approximate surface area is 96.3 Å². The van der Waals surface area contributed by atoms with Gasteiger partial charge >= 0.3 is 0 Å². The second-order valence-corrected chi connectivity index (χ2v) is 5.76. The first-order valence-electron chi connectivity index (χ1n) is 5.48. The molecule has 5 heteroatoms. The first-order valence-corrected chi connectivity index (χ1v) is 7.13. The largest absolute Gasteiger partial charge is 0.294 e. The van der Waals surface area contributed by atoms with E-state index in [4.69, 9.17) is 0 Å².